The molecule has 1 aliphatic heterocycles. The molecule has 6 heteroatoms. The van der Waals surface area contributed by atoms with Gasteiger partial charge in [-0.1, -0.05) is 6.07 Å². The van der Waals surface area contributed by atoms with Crippen LogP contribution in [-0.4, -0.2) is 42.6 Å². The number of hydrogen-bond acceptors (Lipinski definition) is 4. The van der Waals surface area contributed by atoms with E-state index in [9.17, 15) is 9.18 Å². The van der Waals surface area contributed by atoms with Gasteiger partial charge in [0.2, 0.25) is 5.91 Å². The average Bonchev–Trinajstić information content (AvgIpc) is 3.03. The lowest BCUT2D eigenvalue weighted by Gasteiger charge is -2.20. The molecule has 1 aromatic heterocycles. The van der Waals surface area contributed by atoms with Crippen molar-refractivity contribution in [1.29, 1.82) is 0 Å². The number of ether oxygens (including phenoxy) is 2. The first-order valence-corrected chi connectivity index (χ1v) is 9.60. The Morgan fingerprint density at radius 1 is 1.21 bits per heavy atom. The first kappa shape index (κ1) is 19.2. The van der Waals surface area contributed by atoms with Crippen LogP contribution in [0.1, 0.15) is 18.5 Å². The van der Waals surface area contributed by atoms with Crippen LogP contribution in [0.4, 0.5) is 4.39 Å². The Labute approximate surface area is 169 Å². The number of fused-ring (bicyclic) bond motifs is 1. The lowest BCUT2D eigenvalue weighted by molar-refractivity contribution is -0.127. The van der Waals surface area contributed by atoms with Gasteiger partial charge in [0.1, 0.15) is 29.4 Å². The topological polar surface area (TPSA) is 51.7 Å². The smallest absolute Gasteiger partial charge is 0.222 e. The number of likely N-dealkylation sites (N-methyl/N-ethyl adjacent to an activating group) is 1. The second kappa shape index (κ2) is 7.70. The number of amides is 1. The van der Waals surface area contributed by atoms with Gasteiger partial charge in [0, 0.05) is 30.6 Å². The number of likely N-dealkylation sites (tertiary alicyclic amines) is 1. The highest BCUT2D eigenvalue weighted by atomic mass is 19.1. The molecule has 0 N–H and O–H groups in total. The van der Waals surface area contributed by atoms with Gasteiger partial charge in [-0.2, -0.15) is 0 Å². The molecular formula is C23H23FN2O3. The zero-order valence-electron chi connectivity index (χ0n) is 16.7. The molecule has 0 aliphatic carbocycles. The summed E-state index contributed by atoms with van der Waals surface area (Å²) in [5.41, 5.74) is 3.18. The Bertz CT molecular complexity index is 1080. The Balaban J connectivity index is 1.68. The van der Waals surface area contributed by atoms with Crippen LogP contribution in [-0.2, 0) is 4.79 Å². The highest BCUT2D eigenvalue weighted by Gasteiger charge is 2.28. The number of carbonyl (C=O) groups is 1. The molecule has 4 rings (SSSR count). The Kier molecular flexibility index (Phi) is 5.09. The molecule has 1 saturated heterocycles. The Hall–Kier alpha value is -3.15. The minimum absolute atomic E-state index is 0.0169. The van der Waals surface area contributed by atoms with Crippen molar-refractivity contribution in [3.63, 3.8) is 0 Å². The minimum atomic E-state index is -0.377. The van der Waals surface area contributed by atoms with E-state index < -0.39 is 0 Å². The summed E-state index contributed by atoms with van der Waals surface area (Å²) >= 11 is 0. The predicted octanol–water partition coefficient (Wildman–Crippen LogP) is 4.36. The SMILES string of the molecule is COc1ccc(-c2cc(F)cc(OCC3CCC(=O)N3C)c2)c2ccc(C)nc12. The number of carbonyl (C=O) groups excluding carboxylic acids is 1. The van der Waals surface area contributed by atoms with Crippen LogP contribution >= 0.6 is 0 Å². The summed E-state index contributed by atoms with van der Waals surface area (Å²) < 4.78 is 25.7. The van der Waals surface area contributed by atoms with Gasteiger partial charge in [0.25, 0.3) is 0 Å². The van der Waals surface area contributed by atoms with E-state index >= 15 is 0 Å². The van der Waals surface area contributed by atoms with Gasteiger partial charge < -0.3 is 14.4 Å². The monoisotopic (exact) mass is 394 g/mol. The zero-order valence-corrected chi connectivity index (χ0v) is 16.7. The number of aryl methyl sites for hydroxylation is 1. The molecule has 150 valence electrons. The third kappa shape index (κ3) is 3.75. The molecule has 2 heterocycles. The number of methoxy groups -OCH3 is 1. The summed E-state index contributed by atoms with van der Waals surface area (Å²) in [5, 5.41) is 0.882. The van der Waals surface area contributed by atoms with E-state index in [1.54, 1.807) is 19.1 Å². The third-order valence-corrected chi connectivity index (χ3v) is 5.44. The highest BCUT2D eigenvalue weighted by molar-refractivity contribution is 5.98. The normalized spacial score (nSPS) is 16.5. The number of halogens is 1. The first-order valence-electron chi connectivity index (χ1n) is 9.60. The van der Waals surface area contributed by atoms with Crippen molar-refractivity contribution in [1.82, 2.24) is 9.88 Å². The van der Waals surface area contributed by atoms with E-state index in [1.165, 1.54) is 12.1 Å². The third-order valence-electron chi connectivity index (χ3n) is 5.44. The van der Waals surface area contributed by atoms with E-state index in [0.717, 1.165) is 28.6 Å². The molecule has 0 spiro atoms. The maximum absolute atomic E-state index is 14.4. The molecule has 0 radical (unpaired) electrons. The zero-order chi connectivity index (χ0) is 20.5. The predicted molar refractivity (Wildman–Crippen MR) is 110 cm³/mol. The van der Waals surface area contributed by atoms with Crippen LogP contribution in [0.15, 0.2) is 42.5 Å². The van der Waals surface area contributed by atoms with Gasteiger partial charge in [0.15, 0.2) is 0 Å². The minimum Gasteiger partial charge on any atom is -0.494 e. The van der Waals surface area contributed by atoms with Gasteiger partial charge in [-0.25, -0.2) is 9.37 Å². The van der Waals surface area contributed by atoms with Crippen LogP contribution in [0, 0.1) is 12.7 Å². The number of benzene rings is 2. The van der Waals surface area contributed by atoms with Gasteiger partial charge in [-0.3, -0.25) is 4.79 Å². The van der Waals surface area contributed by atoms with Crippen LogP contribution in [0.2, 0.25) is 0 Å². The largest absolute Gasteiger partial charge is 0.494 e. The van der Waals surface area contributed by atoms with Crippen molar-refractivity contribution in [3.8, 4) is 22.6 Å². The summed E-state index contributed by atoms with van der Waals surface area (Å²) in [6.07, 6.45) is 1.29. The highest BCUT2D eigenvalue weighted by Crippen LogP contribution is 2.35. The second-order valence-corrected chi connectivity index (χ2v) is 7.35. The van der Waals surface area contributed by atoms with E-state index in [1.807, 2.05) is 37.3 Å². The molecule has 1 aliphatic rings. The molecule has 2 aromatic carbocycles. The summed E-state index contributed by atoms with van der Waals surface area (Å²) in [4.78, 5) is 18.0. The molecule has 1 fully saturated rings. The Morgan fingerprint density at radius 2 is 2.03 bits per heavy atom. The molecule has 29 heavy (non-hydrogen) atoms. The second-order valence-electron chi connectivity index (χ2n) is 7.35. The van der Waals surface area contributed by atoms with E-state index in [0.29, 0.717) is 30.1 Å². The van der Waals surface area contributed by atoms with E-state index in [-0.39, 0.29) is 17.8 Å². The van der Waals surface area contributed by atoms with Crippen LogP contribution < -0.4 is 9.47 Å². The summed E-state index contributed by atoms with van der Waals surface area (Å²) in [5.74, 6) is 0.856. The summed E-state index contributed by atoms with van der Waals surface area (Å²) in [6, 6.07) is 12.3. The maximum atomic E-state index is 14.4. The molecule has 5 nitrogen and oxygen atoms in total. The number of hydrogen-bond donors (Lipinski definition) is 0. The van der Waals surface area contributed by atoms with Crippen molar-refractivity contribution >= 4 is 16.8 Å². The number of nitrogens with zero attached hydrogens (tertiary/aromatic N) is 2. The van der Waals surface area contributed by atoms with Gasteiger partial charge in [-0.05, 0) is 54.8 Å². The van der Waals surface area contributed by atoms with Crippen molar-refractivity contribution in [3.05, 3.63) is 54.0 Å². The van der Waals surface area contributed by atoms with E-state index in [4.69, 9.17) is 9.47 Å². The molecule has 0 bridgehead atoms. The quantitative estimate of drug-likeness (QED) is 0.645. The van der Waals surface area contributed by atoms with Crippen LogP contribution in [0.3, 0.4) is 0 Å². The van der Waals surface area contributed by atoms with Gasteiger partial charge >= 0.3 is 0 Å². The van der Waals surface area contributed by atoms with Crippen molar-refractivity contribution in [2.75, 3.05) is 20.8 Å². The molecule has 0 saturated carbocycles. The lowest BCUT2D eigenvalue weighted by Crippen LogP contribution is -2.33. The standard InChI is InChI=1S/C23H23FN2O3/c1-14-4-6-20-19(7-8-21(28-3)23(20)25-14)15-10-16(24)12-18(11-15)29-13-17-5-9-22(27)26(17)2/h4,6-8,10-12,17H,5,9,13H2,1-3H3. The molecular weight excluding hydrogens is 371 g/mol. The maximum Gasteiger partial charge on any atom is 0.222 e. The van der Waals surface area contributed by atoms with Crippen molar-refractivity contribution in [2.24, 2.45) is 0 Å². The van der Waals surface area contributed by atoms with Crippen LogP contribution in [0.5, 0.6) is 11.5 Å². The first-order chi connectivity index (χ1) is 14.0. The van der Waals surface area contributed by atoms with Crippen molar-refractivity contribution in [2.45, 2.75) is 25.8 Å². The molecule has 3 aromatic rings. The summed E-state index contributed by atoms with van der Waals surface area (Å²) in [7, 11) is 3.39. The molecule has 1 atom stereocenters. The molecule has 1 amide bonds. The summed E-state index contributed by atoms with van der Waals surface area (Å²) in [6.45, 7) is 2.26. The van der Waals surface area contributed by atoms with Gasteiger partial charge in [-0.15, -0.1) is 0 Å². The fraction of sp³-hybridized carbons (Fsp3) is 0.304. The number of aromatic nitrogens is 1. The number of pyridine rings is 1. The van der Waals surface area contributed by atoms with Gasteiger partial charge in [0.05, 0.1) is 13.2 Å². The van der Waals surface area contributed by atoms with E-state index in [2.05, 4.69) is 4.98 Å². The fourth-order valence-corrected chi connectivity index (χ4v) is 3.76. The Morgan fingerprint density at radius 3 is 2.76 bits per heavy atom. The fourth-order valence-electron chi connectivity index (χ4n) is 3.76. The lowest BCUT2D eigenvalue weighted by atomic mass is 9.99. The van der Waals surface area contributed by atoms with Crippen molar-refractivity contribution < 1.29 is 18.7 Å². The van der Waals surface area contributed by atoms with Crippen LogP contribution in [0.25, 0.3) is 22.0 Å². The molecule has 1 unspecified atom stereocenters. The number of rotatable bonds is 5. The average molecular weight is 394 g/mol.